The third-order valence-corrected chi connectivity index (χ3v) is 9.68. The van der Waals surface area contributed by atoms with Gasteiger partial charge in [-0.05, 0) is 60.7 Å². The lowest BCUT2D eigenvalue weighted by Crippen LogP contribution is -2.55. The topological polar surface area (TPSA) is 86.8 Å². The Morgan fingerprint density at radius 2 is 1.64 bits per heavy atom. The van der Waals surface area contributed by atoms with Crippen LogP contribution in [0.5, 0.6) is 0 Å². The third-order valence-electron chi connectivity index (χ3n) is 7.65. The second-order valence-electron chi connectivity index (χ2n) is 10.9. The number of sulfonamides is 1. The van der Waals surface area contributed by atoms with Gasteiger partial charge in [-0.25, -0.2) is 8.42 Å². The van der Waals surface area contributed by atoms with E-state index in [0.717, 1.165) is 58.3 Å². The molecule has 3 aromatic rings. The molecule has 0 spiro atoms. The molecule has 1 unspecified atom stereocenters. The van der Waals surface area contributed by atoms with E-state index in [4.69, 9.17) is 11.6 Å². The Morgan fingerprint density at radius 1 is 0.976 bits per heavy atom. The highest BCUT2D eigenvalue weighted by molar-refractivity contribution is 9.10. The Labute approximate surface area is 262 Å². The van der Waals surface area contributed by atoms with Gasteiger partial charge in [-0.2, -0.15) is 0 Å². The number of anilines is 1. The van der Waals surface area contributed by atoms with Crippen molar-refractivity contribution in [3.05, 3.63) is 99.0 Å². The molecule has 1 aliphatic rings. The molecule has 0 aliphatic heterocycles. The fraction of sp³-hybridized carbons (Fsp3) is 0.375. The number of hydrogen-bond acceptors (Lipinski definition) is 4. The van der Waals surface area contributed by atoms with E-state index in [-0.39, 0.29) is 24.9 Å². The van der Waals surface area contributed by atoms with Crippen LogP contribution >= 0.6 is 27.5 Å². The van der Waals surface area contributed by atoms with Crippen LogP contribution in [0.4, 0.5) is 5.69 Å². The molecular formula is C32H37BrClN3O4S. The van der Waals surface area contributed by atoms with E-state index in [1.807, 2.05) is 54.6 Å². The zero-order valence-corrected chi connectivity index (χ0v) is 27.1. The Balaban J connectivity index is 1.74. The molecule has 1 atom stereocenters. The van der Waals surface area contributed by atoms with Crippen molar-refractivity contribution in [3.8, 4) is 0 Å². The smallest absolute Gasteiger partial charge is 0.244 e. The first kappa shape index (κ1) is 32.0. The van der Waals surface area contributed by atoms with Gasteiger partial charge in [-0.15, -0.1) is 0 Å². The molecule has 0 heterocycles. The number of amides is 2. The van der Waals surface area contributed by atoms with Crippen LogP contribution in [0.3, 0.4) is 0 Å². The quantitative estimate of drug-likeness (QED) is 0.260. The first-order chi connectivity index (χ1) is 20.0. The minimum absolute atomic E-state index is 0.0500. The molecule has 1 aliphatic carbocycles. The molecule has 0 saturated heterocycles. The van der Waals surface area contributed by atoms with Gasteiger partial charge in [0.05, 0.1) is 11.9 Å². The number of carbonyl (C=O) groups is 2. The molecular weight excluding hydrogens is 638 g/mol. The minimum Gasteiger partial charge on any atom is -0.352 e. The summed E-state index contributed by atoms with van der Waals surface area (Å²) < 4.78 is 28.0. The predicted molar refractivity (Wildman–Crippen MR) is 172 cm³/mol. The van der Waals surface area contributed by atoms with E-state index in [1.165, 1.54) is 4.90 Å². The first-order valence-corrected chi connectivity index (χ1v) is 17.2. The van der Waals surface area contributed by atoms with Gasteiger partial charge in [0.1, 0.15) is 12.6 Å². The summed E-state index contributed by atoms with van der Waals surface area (Å²) in [5, 5.41) is 3.61. The predicted octanol–water partition coefficient (Wildman–Crippen LogP) is 6.27. The molecule has 42 heavy (non-hydrogen) atoms. The number of nitrogens with one attached hydrogen (secondary N) is 1. The van der Waals surface area contributed by atoms with Crippen molar-refractivity contribution in [2.75, 3.05) is 17.1 Å². The highest BCUT2D eigenvalue weighted by Crippen LogP contribution is 2.29. The number of halogens is 2. The highest BCUT2D eigenvalue weighted by Gasteiger charge is 2.34. The third kappa shape index (κ3) is 8.58. The van der Waals surface area contributed by atoms with Crippen LogP contribution in [-0.4, -0.2) is 50.0 Å². The summed E-state index contributed by atoms with van der Waals surface area (Å²) in [6.45, 7) is 1.37. The van der Waals surface area contributed by atoms with Crippen LogP contribution in [0.2, 0.25) is 5.02 Å². The van der Waals surface area contributed by atoms with Gasteiger partial charge in [0.15, 0.2) is 0 Å². The number of benzene rings is 3. The van der Waals surface area contributed by atoms with E-state index in [9.17, 15) is 18.0 Å². The maximum atomic E-state index is 14.3. The van der Waals surface area contributed by atoms with Gasteiger partial charge in [0.2, 0.25) is 21.8 Å². The molecule has 0 aromatic heterocycles. The Hall–Kier alpha value is -2.88. The van der Waals surface area contributed by atoms with Gasteiger partial charge in [0, 0.05) is 28.5 Å². The molecule has 4 rings (SSSR count). The molecule has 10 heteroatoms. The Bertz CT molecular complexity index is 1500. The van der Waals surface area contributed by atoms with Gasteiger partial charge in [0.25, 0.3) is 0 Å². The standard InChI is InChI=1S/C32H37BrClN3O4S/c1-23-28(34)17-10-18-29(23)37(42(2,40)41)22-31(38)36(21-25-13-9-14-26(33)19-25)30(20-24-11-5-3-6-12-24)32(39)35-27-15-7-4-8-16-27/h3,5-6,9-14,17-19,27,30H,4,7-8,15-16,20-22H2,1-2H3,(H,35,39). The van der Waals surface area contributed by atoms with Crippen LogP contribution in [-0.2, 0) is 32.6 Å². The van der Waals surface area contributed by atoms with E-state index in [2.05, 4.69) is 21.2 Å². The van der Waals surface area contributed by atoms with Crippen molar-refractivity contribution in [1.29, 1.82) is 0 Å². The number of carbonyl (C=O) groups excluding carboxylic acids is 2. The molecule has 0 radical (unpaired) electrons. The van der Waals surface area contributed by atoms with Crippen molar-refractivity contribution in [2.24, 2.45) is 0 Å². The lowest BCUT2D eigenvalue weighted by Gasteiger charge is -2.35. The lowest BCUT2D eigenvalue weighted by molar-refractivity contribution is -0.140. The van der Waals surface area contributed by atoms with Crippen molar-refractivity contribution >= 4 is 55.1 Å². The van der Waals surface area contributed by atoms with Crippen LogP contribution in [0.1, 0.15) is 48.8 Å². The average molecular weight is 675 g/mol. The molecule has 0 bridgehead atoms. The summed E-state index contributed by atoms with van der Waals surface area (Å²) in [5.74, 6) is -0.724. The number of hydrogen-bond donors (Lipinski definition) is 1. The van der Waals surface area contributed by atoms with Gasteiger partial charge < -0.3 is 10.2 Å². The van der Waals surface area contributed by atoms with Crippen molar-refractivity contribution < 1.29 is 18.0 Å². The van der Waals surface area contributed by atoms with E-state index < -0.39 is 28.5 Å². The largest absolute Gasteiger partial charge is 0.352 e. The summed E-state index contributed by atoms with van der Waals surface area (Å²) in [5.41, 5.74) is 2.59. The Morgan fingerprint density at radius 3 is 2.31 bits per heavy atom. The second kappa shape index (κ2) is 14.5. The molecule has 1 saturated carbocycles. The number of nitrogens with zero attached hydrogens (tertiary/aromatic N) is 2. The molecule has 1 fully saturated rings. The van der Waals surface area contributed by atoms with Gasteiger partial charge in [-0.1, -0.05) is 95.3 Å². The second-order valence-corrected chi connectivity index (χ2v) is 14.1. The van der Waals surface area contributed by atoms with E-state index >= 15 is 0 Å². The zero-order valence-electron chi connectivity index (χ0n) is 23.9. The zero-order chi connectivity index (χ0) is 30.3. The van der Waals surface area contributed by atoms with Crippen molar-refractivity contribution in [3.63, 3.8) is 0 Å². The highest BCUT2D eigenvalue weighted by atomic mass is 79.9. The molecule has 224 valence electrons. The van der Waals surface area contributed by atoms with Crippen LogP contribution in [0, 0.1) is 6.92 Å². The Kier molecular flexibility index (Phi) is 11.1. The maximum absolute atomic E-state index is 14.3. The fourth-order valence-corrected chi connectivity index (χ4v) is 6.91. The fourth-order valence-electron chi connectivity index (χ4n) is 5.39. The summed E-state index contributed by atoms with van der Waals surface area (Å²) in [6.07, 6.45) is 6.41. The summed E-state index contributed by atoms with van der Waals surface area (Å²) >= 11 is 9.83. The van der Waals surface area contributed by atoms with Crippen LogP contribution in [0.25, 0.3) is 0 Å². The van der Waals surface area contributed by atoms with Crippen molar-refractivity contribution in [2.45, 2.75) is 64.1 Å². The summed E-state index contributed by atoms with van der Waals surface area (Å²) in [7, 11) is -3.87. The van der Waals surface area contributed by atoms with Gasteiger partial charge >= 0.3 is 0 Å². The normalized spacial score (nSPS) is 14.7. The number of rotatable bonds is 11. The maximum Gasteiger partial charge on any atom is 0.244 e. The molecule has 2 amide bonds. The van der Waals surface area contributed by atoms with Crippen LogP contribution < -0.4 is 9.62 Å². The monoisotopic (exact) mass is 673 g/mol. The minimum atomic E-state index is -3.87. The van der Waals surface area contributed by atoms with Crippen LogP contribution in [0.15, 0.2) is 77.3 Å². The van der Waals surface area contributed by atoms with E-state index in [1.54, 1.807) is 25.1 Å². The summed E-state index contributed by atoms with van der Waals surface area (Å²) in [4.78, 5) is 29.8. The van der Waals surface area contributed by atoms with E-state index in [0.29, 0.717) is 16.3 Å². The lowest BCUT2D eigenvalue weighted by atomic mass is 9.94. The molecule has 1 N–H and O–H groups in total. The summed E-state index contributed by atoms with van der Waals surface area (Å²) in [6, 6.07) is 21.3. The first-order valence-electron chi connectivity index (χ1n) is 14.1. The SMILES string of the molecule is Cc1c(Cl)cccc1N(CC(=O)N(Cc1cccc(Br)c1)C(Cc1ccccc1)C(=O)NC1CCCCC1)S(C)(=O)=O. The molecule has 7 nitrogen and oxygen atoms in total. The average Bonchev–Trinajstić information content (AvgIpc) is 2.95. The van der Waals surface area contributed by atoms with Gasteiger partial charge in [-0.3, -0.25) is 13.9 Å². The molecule has 3 aromatic carbocycles. The van der Waals surface area contributed by atoms with Crippen molar-refractivity contribution in [1.82, 2.24) is 10.2 Å².